The highest BCUT2D eigenvalue weighted by Gasteiger charge is 2.18. The van der Waals surface area contributed by atoms with Crippen molar-refractivity contribution >= 4 is 47.6 Å². The van der Waals surface area contributed by atoms with Gasteiger partial charge in [-0.05, 0) is 39.4 Å². The Kier molecular flexibility index (Phi) is 10.4. The second-order valence-corrected chi connectivity index (χ2v) is 7.20. The van der Waals surface area contributed by atoms with Crippen LogP contribution in [0.1, 0.15) is 33.1 Å². The number of amides is 1. The van der Waals surface area contributed by atoms with Crippen molar-refractivity contribution in [2.75, 3.05) is 39.5 Å². The molecule has 0 spiro atoms. The van der Waals surface area contributed by atoms with Crippen LogP contribution in [-0.2, 0) is 4.79 Å². The number of nitrogens with zero attached hydrogens (tertiary/aromatic N) is 2. The molecule has 1 saturated heterocycles. The maximum Gasteiger partial charge on any atom is 0.241 e. The molecule has 124 valence electrons. The molecule has 1 heterocycles. The van der Waals surface area contributed by atoms with Crippen LogP contribution in [0.15, 0.2) is 4.99 Å². The van der Waals surface area contributed by atoms with Crippen molar-refractivity contribution < 1.29 is 4.79 Å². The van der Waals surface area contributed by atoms with E-state index in [1.165, 1.54) is 6.42 Å². The van der Waals surface area contributed by atoms with E-state index in [4.69, 9.17) is 0 Å². The molecule has 0 radical (unpaired) electrons. The van der Waals surface area contributed by atoms with Gasteiger partial charge in [0.15, 0.2) is 5.96 Å². The summed E-state index contributed by atoms with van der Waals surface area (Å²) in [4.78, 5) is 18.1. The lowest BCUT2D eigenvalue weighted by Crippen LogP contribution is -2.48. The lowest BCUT2D eigenvalue weighted by Gasteiger charge is -2.27. The highest BCUT2D eigenvalue weighted by atomic mass is 127. The zero-order chi connectivity index (χ0) is 15.0. The molecule has 0 saturated carbocycles. The first-order valence-corrected chi connectivity index (χ1v) is 8.48. The minimum absolute atomic E-state index is 0. The van der Waals surface area contributed by atoms with Gasteiger partial charge < -0.3 is 15.5 Å². The van der Waals surface area contributed by atoms with Gasteiger partial charge in [0.2, 0.25) is 5.91 Å². The fourth-order valence-corrected chi connectivity index (χ4v) is 2.22. The molecular weight excluding hydrogens is 399 g/mol. The van der Waals surface area contributed by atoms with Gasteiger partial charge in [-0.2, -0.15) is 11.8 Å². The molecule has 0 bridgehead atoms. The fourth-order valence-electron chi connectivity index (χ4n) is 2.00. The molecule has 0 atom stereocenters. The molecule has 1 rings (SSSR count). The Morgan fingerprint density at radius 1 is 1.24 bits per heavy atom. The number of likely N-dealkylation sites (tertiary alicyclic amines) is 1. The molecule has 2 N–H and O–H groups in total. The van der Waals surface area contributed by atoms with E-state index in [0.29, 0.717) is 12.5 Å². The Balaban J connectivity index is 0.00000400. The van der Waals surface area contributed by atoms with E-state index in [9.17, 15) is 4.79 Å². The molecule has 1 aliphatic rings. The first kappa shape index (κ1) is 20.8. The fraction of sp³-hybridized carbons (Fsp3) is 0.857. The van der Waals surface area contributed by atoms with E-state index in [1.54, 1.807) is 18.8 Å². The number of hydrogen-bond acceptors (Lipinski definition) is 3. The first-order valence-electron chi connectivity index (χ1n) is 7.26. The van der Waals surface area contributed by atoms with Crippen LogP contribution in [0.4, 0.5) is 0 Å². The smallest absolute Gasteiger partial charge is 0.241 e. The lowest BCUT2D eigenvalue weighted by atomic mass is 10.1. The number of rotatable bonds is 5. The van der Waals surface area contributed by atoms with Crippen molar-refractivity contribution in [3.05, 3.63) is 0 Å². The Hall–Kier alpha value is -0.180. The van der Waals surface area contributed by atoms with E-state index in [1.807, 2.05) is 4.90 Å². The summed E-state index contributed by atoms with van der Waals surface area (Å²) in [5.74, 6) is 0.856. The minimum atomic E-state index is 0. The Morgan fingerprint density at radius 2 is 1.86 bits per heavy atom. The molecular formula is C14H29IN4OS. The number of guanidine groups is 1. The van der Waals surface area contributed by atoms with E-state index in [2.05, 4.69) is 35.7 Å². The van der Waals surface area contributed by atoms with Crippen LogP contribution in [0.2, 0.25) is 0 Å². The molecule has 5 nitrogen and oxygen atoms in total. The van der Waals surface area contributed by atoms with Crippen molar-refractivity contribution in [1.82, 2.24) is 15.5 Å². The SMILES string of the molecule is CN=C(NCC(=O)N1CCCCC1)NCC(C)(C)SC.I. The normalized spacial score (nSPS) is 16.2. The summed E-state index contributed by atoms with van der Waals surface area (Å²) in [6.07, 6.45) is 5.59. The van der Waals surface area contributed by atoms with Crippen LogP contribution >= 0.6 is 35.7 Å². The second-order valence-electron chi connectivity index (χ2n) is 5.68. The minimum Gasteiger partial charge on any atom is -0.355 e. The second kappa shape index (κ2) is 10.5. The standard InChI is InChI=1S/C14H28N4OS.HI/c1-14(2,20-4)11-17-13(15-3)16-10-12(19)18-8-6-5-7-9-18;/h5-11H2,1-4H3,(H2,15,16,17);1H. The zero-order valence-electron chi connectivity index (χ0n) is 13.6. The van der Waals surface area contributed by atoms with Gasteiger partial charge in [-0.15, -0.1) is 24.0 Å². The third-order valence-electron chi connectivity index (χ3n) is 3.57. The Labute approximate surface area is 150 Å². The molecule has 1 aliphatic heterocycles. The summed E-state index contributed by atoms with van der Waals surface area (Å²) in [6, 6.07) is 0. The highest BCUT2D eigenvalue weighted by molar-refractivity contribution is 14.0. The van der Waals surface area contributed by atoms with Crippen LogP contribution in [0.3, 0.4) is 0 Å². The van der Waals surface area contributed by atoms with Gasteiger partial charge in [0.05, 0.1) is 6.54 Å². The van der Waals surface area contributed by atoms with Gasteiger partial charge in [-0.3, -0.25) is 9.79 Å². The van der Waals surface area contributed by atoms with Crippen molar-refractivity contribution in [2.24, 2.45) is 4.99 Å². The van der Waals surface area contributed by atoms with Gasteiger partial charge in [0, 0.05) is 31.4 Å². The van der Waals surface area contributed by atoms with Crippen LogP contribution in [-0.4, -0.2) is 61.0 Å². The summed E-state index contributed by atoms with van der Waals surface area (Å²) >= 11 is 1.81. The van der Waals surface area contributed by atoms with Gasteiger partial charge in [-0.1, -0.05) is 0 Å². The van der Waals surface area contributed by atoms with Crippen LogP contribution in [0.25, 0.3) is 0 Å². The predicted molar refractivity (Wildman–Crippen MR) is 103 cm³/mol. The molecule has 0 aliphatic carbocycles. The number of hydrogen-bond donors (Lipinski definition) is 2. The highest BCUT2D eigenvalue weighted by Crippen LogP contribution is 2.19. The van der Waals surface area contributed by atoms with Crippen LogP contribution < -0.4 is 10.6 Å². The van der Waals surface area contributed by atoms with Crippen LogP contribution in [0, 0.1) is 0 Å². The quantitative estimate of drug-likeness (QED) is 0.399. The first-order chi connectivity index (χ1) is 9.48. The monoisotopic (exact) mass is 428 g/mol. The van der Waals surface area contributed by atoms with E-state index in [-0.39, 0.29) is 34.6 Å². The average Bonchev–Trinajstić information content (AvgIpc) is 2.48. The number of piperidine rings is 1. The molecule has 0 unspecified atom stereocenters. The van der Waals surface area contributed by atoms with Gasteiger partial charge in [-0.25, -0.2) is 0 Å². The predicted octanol–water partition coefficient (Wildman–Crippen LogP) is 1.92. The lowest BCUT2D eigenvalue weighted by molar-refractivity contribution is -0.130. The van der Waals surface area contributed by atoms with E-state index < -0.39 is 0 Å². The molecule has 0 aromatic heterocycles. The van der Waals surface area contributed by atoms with Crippen molar-refractivity contribution in [3.8, 4) is 0 Å². The van der Waals surface area contributed by atoms with E-state index >= 15 is 0 Å². The van der Waals surface area contributed by atoms with Gasteiger partial charge >= 0.3 is 0 Å². The molecule has 1 fully saturated rings. The topological polar surface area (TPSA) is 56.7 Å². The number of nitrogens with one attached hydrogen (secondary N) is 2. The van der Waals surface area contributed by atoms with Gasteiger partial charge in [0.25, 0.3) is 0 Å². The number of halogens is 1. The van der Waals surface area contributed by atoms with Crippen LogP contribution in [0.5, 0.6) is 0 Å². The largest absolute Gasteiger partial charge is 0.355 e. The number of thioether (sulfide) groups is 1. The molecule has 0 aromatic carbocycles. The maximum absolute atomic E-state index is 12.1. The number of carbonyl (C=O) groups excluding carboxylic acids is 1. The van der Waals surface area contributed by atoms with Crippen molar-refractivity contribution in [3.63, 3.8) is 0 Å². The molecule has 1 amide bonds. The van der Waals surface area contributed by atoms with Gasteiger partial charge in [0.1, 0.15) is 0 Å². The van der Waals surface area contributed by atoms with E-state index in [0.717, 1.165) is 32.5 Å². The summed E-state index contributed by atoms with van der Waals surface area (Å²) < 4.78 is 0.147. The zero-order valence-corrected chi connectivity index (χ0v) is 16.7. The third kappa shape index (κ3) is 8.13. The molecule has 0 aromatic rings. The molecule has 21 heavy (non-hydrogen) atoms. The number of aliphatic imine (C=N–C) groups is 1. The average molecular weight is 428 g/mol. The summed E-state index contributed by atoms with van der Waals surface area (Å²) in [5, 5.41) is 6.37. The Bertz CT molecular complexity index is 344. The third-order valence-corrected chi connectivity index (χ3v) is 4.82. The summed E-state index contributed by atoms with van der Waals surface area (Å²) in [6.45, 7) is 7.27. The molecule has 7 heteroatoms. The maximum atomic E-state index is 12.1. The Morgan fingerprint density at radius 3 is 2.38 bits per heavy atom. The summed E-state index contributed by atoms with van der Waals surface area (Å²) in [5.41, 5.74) is 0. The van der Waals surface area contributed by atoms with Crippen molar-refractivity contribution in [1.29, 1.82) is 0 Å². The van der Waals surface area contributed by atoms with Crippen molar-refractivity contribution in [2.45, 2.75) is 37.9 Å². The summed E-state index contributed by atoms with van der Waals surface area (Å²) in [7, 11) is 1.73. The number of carbonyl (C=O) groups is 1.